The first kappa shape index (κ1) is 5.98. The topological polar surface area (TPSA) is 15.3 Å². The second-order valence-electron chi connectivity index (χ2n) is 2.72. The molecule has 1 fully saturated rings. The number of hydrogen-bond acceptors (Lipinski definition) is 2. The van der Waals surface area contributed by atoms with Crippen molar-refractivity contribution in [3.05, 3.63) is 23.9 Å². The van der Waals surface area contributed by atoms with E-state index in [-0.39, 0.29) is 0 Å². The van der Waals surface area contributed by atoms with Crippen LogP contribution in [0.3, 0.4) is 0 Å². The van der Waals surface area contributed by atoms with Crippen LogP contribution in [0.4, 0.5) is 0 Å². The summed E-state index contributed by atoms with van der Waals surface area (Å²) in [7, 11) is 0. The van der Waals surface area contributed by atoms with Crippen LogP contribution >= 0.6 is 0 Å². The molecule has 0 aromatic carbocycles. The van der Waals surface area contributed by atoms with Crippen molar-refractivity contribution in [2.45, 2.75) is 6.42 Å². The lowest BCUT2D eigenvalue weighted by atomic mass is 10.4. The smallest absolute Gasteiger partial charge is 0.0682 e. The second kappa shape index (κ2) is 2.46. The van der Waals surface area contributed by atoms with E-state index in [0.29, 0.717) is 0 Å². The molecule has 0 radical (unpaired) electrons. The molecular weight excluding hydrogens is 124 g/mol. The summed E-state index contributed by atoms with van der Waals surface area (Å²) in [6, 6.07) is 0. The highest BCUT2D eigenvalue weighted by Crippen LogP contribution is 2.11. The van der Waals surface area contributed by atoms with E-state index in [4.69, 9.17) is 0 Å². The Bertz CT molecular complexity index is 182. The third-order valence-electron chi connectivity index (χ3n) is 2.01. The molecule has 0 amide bonds. The Morgan fingerprint density at radius 1 is 1.50 bits per heavy atom. The van der Waals surface area contributed by atoms with Crippen molar-refractivity contribution in [3.63, 3.8) is 0 Å². The monoisotopic (exact) mass is 136 g/mol. The van der Waals surface area contributed by atoms with Gasteiger partial charge in [0.05, 0.1) is 6.67 Å². The summed E-state index contributed by atoms with van der Waals surface area (Å²) in [5.41, 5.74) is 1.44. The van der Waals surface area contributed by atoms with Crippen molar-refractivity contribution in [2.24, 2.45) is 0 Å². The van der Waals surface area contributed by atoms with Crippen molar-refractivity contribution in [3.8, 4) is 0 Å². The lowest BCUT2D eigenvalue weighted by Crippen LogP contribution is -2.21. The molecule has 2 rings (SSSR count). The SMILES string of the molecule is C1=CCCN2CNCC2=C1. The van der Waals surface area contributed by atoms with Gasteiger partial charge >= 0.3 is 0 Å². The minimum Gasteiger partial charge on any atom is -0.361 e. The molecular formula is C8H12N2. The lowest BCUT2D eigenvalue weighted by Gasteiger charge is -2.15. The van der Waals surface area contributed by atoms with Crippen molar-refractivity contribution < 1.29 is 0 Å². The third kappa shape index (κ3) is 0.948. The molecule has 10 heavy (non-hydrogen) atoms. The Morgan fingerprint density at radius 3 is 3.50 bits per heavy atom. The van der Waals surface area contributed by atoms with E-state index in [2.05, 4.69) is 28.4 Å². The van der Waals surface area contributed by atoms with Crippen LogP contribution in [0.1, 0.15) is 6.42 Å². The summed E-state index contributed by atoms with van der Waals surface area (Å²) in [6.07, 6.45) is 7.77. The fraction of sp³-hybridized carbons (Fsp3) is 0.500. The fourth-order valence-electron chi connectivity index (χ4n) is 1.42. The van der Waals surface area contributed by atoms with Crippen LogP contribution in [0.2, 0.25) is 0 Å². The molecule has 0 saturated carbocycles. The maximum atomic E-state index is 3.32. The van der Waals surface area contributed by atoms with Gasteiger partial charge in [-0.2, -0.15) is 0 Å². The predicted molar refractivity (Wildman–Crippen MR) is 41.4 cm³/mol. The molecule has 54 valence electrons. The van der Waals surface area contributed by atoms with E-state index in [9.17, 15) is 0 Å². The van der Waals surface area contributed by atoms with Gasteiger partial charge in [-0.15, -0.1) is 0 Å². The number of nitrogens with zero attached hydrogens (tertiary/aromatic N) is 1. The summed E-state index contributed by atoms with van der Waals surface area (Å²) in [6.45, 7) is 3.26. The molecule has 0 aromatic heterocycles. The molecule has 2 heteroatoms. The normalized spacial score (nSPS) is 24.0. The van der Waals surface area contributed by atoms with Gasteiger partial charge in [0, 0.05) is 18.8 Å². The van der Waals surface area contributed by atoms with Crippen molar-refractivity contribution in [1.29, 1.82) is 0 Å². The molecule has 0 aliphatic carbocycles. The summed E-state index contributed by atoms with van der Waals surface area (Å²) in [5, 5.41) is 3.32. The molecule has 2 heterocycles. The third-order valence-corrected chi connectivity index (χ3v) is 2.01. The highest BCUT2D eigenvalue weighted by Gasteiger charge is 2.14. The van der Waals surface area contributed by atoms with Crippen molar-refractivity contribution in [2.75, 3.05) is 19.8 Å². The number of rotatable bonds is 0. The van der Waals surface area contributed by atoms with Gasteiger partial charge in [0.1, 0.15) is 0 Å². The van der Waals surface area contributed by atoms with Crippen LogP contribution in [0.25, 0.3) is 0 Å². The molecule has 2 nitrogen and oxygen atoms in total. The zero-order valence-electron chi connectivity index (χ0n) is 6.01. The van der Waals surface area contributed by atoms with E-state index in [1.54, 1.807) is 0 Å². The first-order valence-corrected chi connectivity index (χ1v) is 3.78. The Morgan fingerprint density at radius 2 is 2.50 bits per heavy atom. The van der Waals surface area contributed by atoms with E-state index in [1.165, 1.54) is 18.7 Å². The minimum absolute atomic E-state index is 1.04. The Hall–Kier alpha value is -0.760. The van der Waals surface area contributed by atoms with E-state index >= 15 is 0 Å². The molecule has 2 aliphatic rings. The van der Waals surface area contributed by atoms with Gasteiger partial charge in [-0.1, -0.05) is 12.2 Å². The molecule has 0 aromatic rings. The summed E-state index contributed by atoms with van der Waals surface area (Å²) >= 11 is 0. The maximum absolute atomic E-state index is 3.32. The van der Waals surface area contributed by atoms with Crippen LogP contribution in [-0.2, 0) is 0 Å². The Kier molecular flexibility index (Phi) is 1.47. The first-order valence-electron chi connectivity index (χ1n) is 3.78. The number of fused-ring (bicyclic) bond motifs is 1. The van der Waals surface area contributed by atoms with E-state index in [1.807, 2.05) is 0 Å². The molecule has 0 atom stereocenters. The zero-order valence-corrected chi connectivity index (χ0v) is 6.01. The average molecular weight is 136 g/mol. The molecule has 2 aliphatic heterocycles. The van der Waals surface area contributed by atoms with Gasteiger partial charge in [0.25, 0.3) is 0 Å². The van der Waals surface area contributed by atoms with Crippen LogP contribution in [-0.4, -0.2) is 24.7 Å². The molecule has 0 spiro atoms. The summed E-state index contributed by atoms with van der Waals surface area (Å²) < 4.78 is 0. The average Bonchev–Trinajstić information content (AvgIpc) is 2.28. The minimum atomic E-state index is 1.04. The number of allylic oxidation sites excluding steroid dienone is 2. The van der Waals surface area contributed by atoms with E-state index < -0.39 is 0 Å². The maximum Gasteiger partial charge on any atom is 0.0682 e. The zero-order chi connectivity index (χ0) is 6.81. The van der Waals surface area contributed by atoms with Crippen LogP contribution in [0, 0.1) is 0 Å². The Balaban J connectivity index is 2.18. The highest BCUT2D eigenvalue weighted by atomic mass is 15.3. The van der Waals surface area contributed by atoms with Gasteiger partial charge in [-0.25, -0.2) is 0 Å². The quantitative estimate of drug-likeness (QED) is 0.527. The summed E-state index contributed by atoms with van der Waals surface area (Å²) in [5.74, 6) is 0. The molecule has 1 N–H and O–H groups in total. The van der Waals surface area contributed by atoms with Gasteiger partial charge < -0.3 is 4.90 Å². The second-order valence-corrected chi connectivity index (χ2v) is 2.72. The van der Waals surface area contributed by atoms with Crippen molar-refractivity contribution >= 4 is 0 Å². The molecule has 1 saturated heterocycles. The largest absolute Gasteiger partial charge is 0.361 e. The predicted octanol–water partition coefficient (Wildman–Crippen LogP) is 0.693. The van der Waals surface area contributed by atoms with Gasteiger partial charge in [-0.05, 0) is 12.5 Å². The standard InChI is InChI=1S/C8H12N2/c1-2-4-8-6-9-7-10(8)5-3-1/h1-2,4,9H,3,5-7H2. The highest BCUT2D eigenvalue weighted by molar-refractivity contribution is 5.17. The van der Waals surface area contributed by atoms with Crippen LogP contribution < -0.4 is 5.32 Å². The Labute approximate surface area is 61.2 Å². The molecule has 0 bridgehead atoms. The van der Waals surface area contributed by atoms with Crippen LogP contribution in [0.15, 0.2) is 23.9 Å². The number of nitrogens with one attached hydrogen (secondary N) is 1. The number of hydrogen-bond donors (Lipinski definition) is 1. The summed E-state index contributed by atoms with van der Waals surface area (Å²) in [4.78, 5) is 2.39. The van der Waals surface area contributed by atoms with Crippen LogP contribution in [0.5, 0.6) is 0 Å². The first-order chi connectivity index (χ1) is 4.97. The fourth-order valence-corrected chi connectivity index (χ4v) is 1.42. The van der Waals surface area contributed by atoms with E-state index in [0.717, 1.165) is 13.2 Å². The van der Waals surface area contributed by atoms with Gasteiger partial charge in [0.2, 0.25) is 0 Å². The van der Waals surface area contributed by atoms with Crippen molar-refractivity contribution in [1.82, 2.24) is 10.2 Å². The lowest BCUT2D eigenvalue weighted by molar-refractivity contribution is 0.392. The van der Waals surface area contributed by atoms with Gasteiger partial charge in [0.15, 0.2) is 0 Å². The molecule has 0 unspecified atom stereocenters. The van der Waals surface area contributed by atoms with Gasteiger partial charge in [-0.3, -0.25) is 5.32 Å².